The molecule has 0 radical (unpaired) electrons. The van der Waals surface area contributed by atoms with Gasteiger partial charge >= 0.3 is 6.09 Å². The minimum Gasteiger partial charge on any atom is -0.450 e. The van der Waals surface area contributed by atoms with Crippen molar-refractivity contribution in [2.24, 2.45) is 0 Å². The Morgan fingerprint density at radius 3 is 2.66 bits per heavy atom. The van der Waals surface area contributed by atoms with Gasteiger partial charge in [-0.05, 0) is 24.6 Å². The van der Waals surface area contributed by atoms with E-state index in [-0.39, 0.29) is 6.09 Å². The number of amides is 1. The van der Waals surface area contributed by atoms with E-state index in [1.807, 2.05) is 6.07 Å². The zero-order chi connectivity index (χ0) is 20.6. The molecular formula is C19H23N5O4S. The van der Waals surface area contributed by atoms with Crippen LogP contribution in [0.3, 0.4) is 0 Å². The van der Waals surface area contributed by atoms with E-state index >= 15 is 0 Å². The van der Waals surface area contributed by atoms with Gasteiger partial charge in [-0.15, -0.1) is 0 Å². The lowest BCUT2D eigenvalue weighted by Gasteiger charge is -2.36. The minimum absolute atomic E-state index is 0.267. The summed E-state index contributed by atoms with van der Waals surface area (Å²) in [6.07, 6.45) is 8.43. The lowest BCUT2D eigenvalue weighted by atomic mass is 10.1. The number of allylic oxidation sites excluding steroid dienone is 1. The van der Waals surface area contributed by atoms with E-state index in [2.05, 4.69) is 21.1 Å². The molecule has 0 atom stereocenters. The third-order valence-electron chi connectivity index (χ3n) is 5.14. The maximum Gasteiger partial charge on any atom is 0.409 e. The molecule has 0 spiro atoms. The number of pyridine rings is 1. The van der Waals surface area contributed by atoms with Crippen molar-refractivity contribution < 1.29 is 17.9 Å². The van der Waals surface area contributed by atoms with Gasteiger partial charge in [0.1, 0.15) is 0 Å². The Bertz CT molecular complexity index is 1070. The molecule has 1 aliphatic carbocycles. The molecule has 154 valence electrons. The first-order valence-corrected chi connectivity index (χ1v) is 11.3. The van der Waals surface area contributed by atoms with Gasteiger partial charge in [-0.2, -0.15) is 9.19 Å². The number of piperazine rings is 1. The molecule has 2 aromatic rings. The number of carbonyl (C=O) groups excluding carboxylic acids is 1. The SMILES string of the molecule is CCOC(=O)N1CCN(c2ccnc3c2C=C(c2cnn(S(C)(=O)=O)c2)C3)CC1. The Balaban J connectivity index is 1.54. The molecule has 9 nitrogen and oxygen atoms in total. The standard InChI is InChI=1S/C19H23N5O4S/c1-3-28-19(25)23-8-6-22(7-9-23)18-4-5-20-17-11-14(10-16(17)18)15-12-21-24(13-15)29(2,26)27/h4-5,10,12-13H,3,6-9,11H2,1-2H3. The van der Waals surface area contributed by atoms with Crippen molar-refractivity contribution in [3.8, 4) is 0 Å². The zero-order valence-corrected chi connectivity index (χ0v) is 17.2. The second-order valence-corrected chi connectivity index (χ2v) is 8.91. The van der Waals surface area contributed by atoms with Crippen LogP contribution in [0.4, 0.5) is 10.5 Å². The molecule has 0 N–H and O–H groups in total. The van der Waals surface area contributed by atoms with Gasteiger partial charge < -0.3 is 14.5 Å². The predicted molar refractivity (Wildman–Crippen MR) is 109 cm³/mol. The number of fused-ring (bicyclic) bond motifs is 1. The van der Waals surface area contributed by atoms with E-state index in [9.17, 15) is 13.2 Å². The molecule has 2 aromatic heterocycles. The number of ether oxygens (including phenoxy) is 1. The largest absolute Gasteiger partial charge is 0.450 e. The first kappa shape index (κ1) is 19.4. The van der Waals surface area contributed by atoms with Crippen molar-refractivity contribution in [1.82, 2.24) is 19.1 Å². The molecule has 0 unspecified atom stereocenters. The fraction of sp³-hybridized carbons (Fsp3) is 0.421. The van der Waals surface area contributed by atoms with E-state index < -0.39 is 10.0 Å². The zero-order valence-electron chi connectivity index (χ0n) is 16.4. The Morgan fingerprint density at radius 1 is 1.24 bits per heavy atom. The molecule has 1 saturated heterocycles. The highest BCUT2D eigenvalue weighted by Crippen LogP contribution is 2.36. The van der Waals surface area contributed by atoms with Crippen LogP contribution < -0.4 is 4.90 Å². The highest BCUT2D eigenvalue weighted by molar-refractivity contribution is 7.89. The molecule has 0 aromatic carbocycles. The van der Waals surface area contributed by atoms with E-state index in [0.29, 0.717) is 39.2 Å². The van der Waals surface area contributed by atoms with Crippen LogP contribution in [0.25, 0.3) is 11.6 Å². The van der Waals surface area contributed by atoms with Crippen LogP contribution in [0, 0.1) is 0 Å². The number of nitrogens with zero attached hydrogens (tertiary/aromatic N) is 5. The molecule has 10 heteroatoms. The predicted octanol–water partition coefficient (Wildman–Crippen LogP) is 1.46. The molecule has 2 aliphatic rings. The number of hydrogen-bond acceptors (Lipinski definition) is 7. The lowest BCUT2D eigenvalue weighted by molar-refractivity contribution is 0.105. The summed E-state index contributed by atoms with van der Waals surface area (Å²) in [4.78, 5) is 20.4. The van der Waals surface area contributed by atoms with Crippen LogP contribution in [0.5, 0.6) is 0 Å². The molecule has 4 rings (SSSR count). The number of rotatable bonds is 4. The summed E-state index contributed by atoms with van der Waals surface area (Å²) in [5.41, 5.74) is 4.83. The van der Waals surface area contributed by atoms with Crippen LogP contribution in [-0.4, -0.2) is 72.6 Å². The molecule has 3 heterocycles. The monoisotopic (exact) mass is 417 g/mol. The van der Waals surface area contributed by atoms with Crippen molar-refractivity contribution in [1.29, 1.82) is 0 Å². The van der Waals surface area contributed by atoms with E-state index in [1.165, 1.54) is 6.20 Å². The second kappa shape index (κ2) is 7.51. The van der Waals surface area contributed by atoms with Gasteiger partial charge in [0.15, 0.2) is 0 Å². The fourth-order valence-corrected chi connectivity index (χ4v) is 4.19. The quantitative estimate of drug-likeness (QED) is 0.743. The average Bonchev–Trinajstić information content (AvgIpc) is 3.35. The fourth-order valence-electron chi connectivity index (χ4n) is 3.67. The summed E-state index contributed by atoms with van der Waals surface area (Å²) < 4.78 is 29.4. The van der Waals surface area contributed by atoms with Gasteiger partial charge in [0.2, 0.25) is 0 Å². The van der Waals surface area contributed by atoms with Gasteiger partial charge in [0.25, 0.3) is 10.0 Å². The van der Waals surface area contributed by atoms with Crippen molar-refractivity contribution >= 4 is 33.5 Å². The van der Waals surface area contributed by atoms with Crippen LogP contribution >= 0.6 is 0 Å². The van der Waals surface area contributed by atoms with Gasteiger partial charge in [-0.1, -0.05) is 0 Å². The topological polar surface area (TPSA) is 97.6 Å². The van der Waals surface area contributed by atoms with Gasteiger partial charge in [0.05, 0.1) is 31.0 Å². The van der Waals surface area contributed by atoms with Gasteiger partial charge in [0, 0.05) is 55.6 Å². The Kier molecular flexibility index (Phi) is 5.03. The first-order valence-electron chi connectivity index (χ1n) is 9.47. The van der Waals surface area contributed by atoms with Crippen LogP contribution in [0.15, 0.2) is 24.7 Å². The Hall–Kier alpha value is -2.88. The smallest absolute Gasteiger partial charge is 0.409 e. The van der Waals surface area contributed by atoms with E-state index in [1.54, 1.807) is 24.2 Å². The summed E-state index contributed by atoms with van der Waals surface area (Å²) in [7, 11) is -3.41. The number of hydrogen-bond donors (Lipinski definition) is 0. The van der Waals surface area contributed by atoms with E-state index in [0.717, 1.165) is 38.4 Å². The summed E-state index contributed by atoms with van der Waals surface area (Å²) in [6, 6.07) is 1.98. The summed E-state index contributed by atoms with van der Waals surface area (Å²) >= 11 is 0. The number of aromatic nitrogens is 3. The van der Waals surface area contributed by atoms with Crippen molar-refractivity contribution in [3.63, 3.8) is 0 Å². The third kappa shape index (κ3) is 3.84. The molecule has 1 aliphatic heterocycles. The Morgan fingerprint density at radius 2 is 2.00 bits per heavy atom. The normalized spacial score (nSPS) is 16.6. The maximum absolute atomic E-state index is 11.9. The molecule has 1 amide bonds. The van der Waals surface area contributed by atoms with E-state index in [4.69, 9.17) is 4.74 Å². The van der Waals surface area contributed by atoms with Crippen molar-refractivity contribution in [2.75, 3.05) is 43.9 Å². The third-order valence-corrected chi connectivity index (χ3v) is 6.02. The molecular weight excluding hydrogens is 394 g/mol. The Labute approximate surface area is 169 Å². The van der Waals surface area contributed by atoms with Crippen LogP contribution in [-0.2, 0) is 21.2 Å². The molecule has 0 bridgehead atoms. The highest BCUT2D eigenvalue weighted by atomic mass is 32.2. The lowest BCUT2D eigenvalue weighted by Crippen LogP contribution is -2.49. The first-order chi connectivity index (χ1) is 13.9. The highest BCUT2D eigenvalue weighted by Gasteiger charge is 2.26. The van der Waals surface area contributed by atoms with Crippen molar-refractivity contribution in [2.45, 2.75) is 13.3 Å². The van der Waals surface area contributed by atoms with Crippen molar-refractivity contribution in [3.05, 3.63) is 41.5 Å². The average molecular weight is 417 g/mol. The molecule has 1 fully saturated rings. The number of anilines is 1. The number of carbonyl (C=O) groups is 1. The summed E-state index contributed by atoms with van der Waals surface area (Å²) in [6.45, 7) is 4.81. The maximum atomic E-state index is 11.9. The second-order valence-electron chi connectivity index (χ2n) is 7.07. The summed E-state index contributed by atoms with van der Waals surface area (Å²) in [5.74, 6) is 0. The van der Waals surface area contributed by atoms with Gasteiger partial charge in [-0.25, -0.2) is 13.2 Å². The van der Waals surface area contributed by atoms with Crippen LogP contribution in [0.1, 0.15) is 23.7 Å². The molecule has 0 saturated carbocycles. The summed E-state index contributed by atoms with van der Waals surface area (Å²) in [5, 5.41) is 3.95. The molecule has 29 heavy (non-hydrogen) atoms. The minimum atomic E-state index is -3.41. The van der Waals surface area contributed by atoms with Crippen LogP contribution in [0.2, 0.25) is 0 Å². The van der Waals surface area contributed by atoms with Gasteiger partial charge in [-0.3, -0.25) is 4.98 Å².